The number of nitrogens with one attached hydrogen (secondary N) is 4. The molecule has 26 heteroatoms. The molecule has 10 N–H and O–H groups in total. The summed E-state index contributed by atoms with van der Waals surface area (Å²) in [4.78, 5) is 144. The lowest BCUT2D eigenvalue weighted by Gasteiger charge is -2.17. The molecule has 0 unspecified atom stereocenters. The van der Waals surface area contributed by atoms with Gasteiger partial charge in [0.25, 0.3) is 0 Å². The summed E-state index contributed by atoms with van der Waals surface area (Å²) >= 11 is 0. The highest BCUT2D eigenvalue weighted by molar-refractivity contribution is 5.88. The molecule has 0 aromatic heterocycles. The van der Waals surface area contributed by atoms with Crippen molar-refractivity contribution >= 4 is 70.8 Å². The van der Waals surface area contributed by atoms with Crippen LogP contribution in [0.3, 0.4) is 0 Å². The van der Waals surface area contributed by atoms with Crippen molar-refractivity contribution in [2.45, 2.75) is 218 Å². The number of rotatable bonds is 60. The molecule has 0 heterocycles. The highest BCUT2D eigenvalue weighted by Gasteiger charge is 2.29. The first-order valence-electron chi connectivity index (χ1n) is 30.3. The van der Waals surface area contributed by atoms with E-state index in [1.54, 1.807) is 6.92 Å². The SMILES string of the molecule is C[C@@H](CCCCNC(=O)CC[C@H](CC(=O)CC[C@H](NC(=O)COCCOCCCC(=O)COCCOCCNC(=O)CC[C@H](NC(=O)CCCCCCCCCCCCCCCCC(=O)O)C(=O)O)C(=O)O)C(=O)O)C(=O)C[C@H](C(=O)O)[C@@H](C)O.[HH].[HH]. The molecule has 0 bridgehead atoms. The Kier molecular flexibility index (Phi) is 47.7. The van der Waals surface area contributed by atoms with Crippen LogP contribution in [0.15, 0.2) is 0 Å². The zero-order valence-corrected chi connectivity index (χ0v) is 50.3. The molecule has 0 aromatic carbocycles. The lowest BCUT2D eigenvalue weighted by molar-refractivity contribution is -0.148. The van der Waals surface area contributed by atoms with Crippen LogP contribution < -0.4 is 21.3 Å². The summed E-state index contributed by atoms with van der Waals surface area (Å²) in [5, 5.41) is 66.3. The van der Waals surface area contributed by atoms with E-state index in [0.717, 1.165) is 51.4 Å². The maximum atomic E-state index is 12.6. The van der Waals surface area contributed by atoms with Crippen molar-refractivity contribution in [2.75, 3.05) is 65.9 Å². The Labute approximate surface area is 502 Å². The number of aliphatic hydroxyl groups is 1. The van der Waals surface area contributed by atoms with Gasteiger partial charge in [0.1, 0.15) is 36.9 Å². The van der Waals surface area contributed by atoms with Gasteiger partial charge in [-0.1, -0.05) is 90.4 Å². The topological polar surface area (TPSA) is 411 Å². The molecule has 0 spiro atoms. The number of aliphatic carboxylic acids is 5. The number of hydrogen-bond acceptors (Lipinski definition) is 17. The maximum Gasteiger partial charge on any atom is 0.326 e. The largest absolute Gasteiger partial charge is 0.481 e. The molecule has 0 aliphatic carbocycles. The van der Waals surface area contributed by atoms with Crippen LogP contribution in [-0.2, 0) is 76.5 Å². The first-order chi connectivity index (χ1) is 40.5. The second-order valence-corrected chi connectivity index (χ2v) is 21.6. The molecule has 4 amide bonds. The quantitative estimate of drug-likeness (QED) is 0.0339. The number of amides is 4. The van der Waals surface area contributed by atoms with Crippen LogP contribution >= 0.6 is 0 Å². The van der Waals surface area contributed by atoms with Crippen molar-refractivity contribution in [1.29, 1.82) is 0 Å². The van der Waals surface area contributed by atoms with Crippen LogP contribution in [0.2, 0.25) is 0 Å². The summed E-state index contributed by atoms with van der Waals surface area (Å²) in [5.41, 5.74) is 0. The Bertz CT molecular complexity index is 2000. The summed E-state index contributed by atoms with van der Waals surface area (Å²) in [6, 6.07) is -2.64. The maximum absolute atomic E-state index is 12.6. The molecule has 0 saturated heterocycles. The smallest absolute Gasteiger partial charge is 0.326 e. The monoisotopic (exact) mass is 1220 g/mol. The van der Waals surface area contributed by atoms with Crippen LogP contribution in [0.1, 0.15) is 203 Å². The molecular formula is C59H104N4O22. The van der Waals surface area contributed by atoms with Gasteiger partial charge in [-0.2, -0.15) is 0 Å². The summed E-state index contributed by atoms with van der Waals surface area (Å²) < 4.78 is 21.4. The fourth-order valence-electron chi connectivity index (χ4n) is 8.80. The van der Waals surface area contributed by atoms with Crippen LogP contribution in [0.5, 0.6) is 0 Å². The van der Waals surface area contributed by atoms with E-state index in [9.17, 15) is 83.1 Å². The summed E-state index contributed by atoms with van der Waals surface area (Å²) in [6.45, 7) is 3.40. The molecule has 0 aromatic rings. The van der Waals surface area contributed by atoms with Crippen LogP contribution in [0.25, 0.3) is 0 Å². The molecule has 492 valence electrons. The lowest BCUT2D eigenvalue weighted by Crippen LogP contribution is -2.42. The third-order valence-corrected chi connectivity index (χ3v) is 14.0. The fourth-order valence-corrected chi connectivity index (χ4v) is 8.80. The van der Waals surface area contributed by atoms with Crippen molar-refractivity contribution in [3.05, 3.63) is 0 Å². The van der Waals surface area contributed by atoms with E-state index in [-0.39, 0.29) is 144 Å². The number of ether oxygens (including phenoxy) is 4. The molecule has 6 atom stereocenters. The average molecular weight is 1220 g/mol. The van der Waals surface area contributed by atoms with E-state index >= 15 is 0 Å². The van der Waals surface area contributed by atoms with Crippen molar-refractivity contribution in [1.82, 2.24) is 21.3 Å². The normalized spacial score (nSPS) is 13.3. The number of hydrogen-bond donors (Lipinski definition) is 10. The van der Waals surface area contributed by atoms with Crippen LogP contribution in [0, 0.1) is 17.8 Å². The number of Topliss-reactive ketones (excluding diaryl/α,β-unsaturated/α-hetero) is 3. The van der Waals surface area contributed by atoms with Gasteiger partial charge in [-0.05, 0) is 58.3 Å². The second kappa shape index (κ2) is 51.3. The van der Waals surface area contributed by atoms with Gasteiger partial charge < -0.3 is 70.9 Å². The third-order valence-electron chi connectivity index (χ3n) is 14.0. The van der Waals surface area contributed by atoms with E-state index in [1.165, 1.54) is 39.0 Å². The summed E-state index contributed by atoms with van der Waals surface area (Å²) in [5.74, 6) is -11.8. The van der Waals surface area contributed by atoms with Crippen LogP contribution in [0.4, 0.5) is 0 Å². The third kappa shape index (κ3) is 46.9. The predicted molar refractivity (Wildman–Crippen MR) is 312 cm³/mol. The number of aliphatic hydroxyl groups excluding tert-OH is 1. The van der Waals surface area contributed by atoms with Crippen molar-refractivity contribution in [3.63, 3.8) is 0 Å². The second-order valence-electron chi connectivity index (χ2n) is 21.6. The zero-order valence-electron chi connectivity index (χ0n) is 50.3. The Hall–Kier alpha value is -5.96. The number of carboxylic acids is 5. The van der Waals surface area contributed by atoms with E-state index < -0.39 is 102 Å². The minimum absolute atomic E-state index is 0. The van der Waals surface area contributed by atoms with E-state index in [0.29, 0.717) is 32.1 Å². The molecule has 0 rings (SSSR count). The molecule has 26 nitrogen and oxygen atoms in total. The Morgan fingerprint density at radius 1 is 0.388 bits per heavy atom. The minimum Gasteiger partial charge on any atom is -0.481 e. The highest BCUT2D eigenvalue weighted by Crippen LogP contribution is 2.19. The molecule has 0 saturated carbocycles. The van der Waals surface area contributed by atoms with Gasteiger partial charge in [-0.25, -0.2) is 9.59 Å². The summed E-state index contributed by atoms with van der Waals surface area (Å²) in [7, 11) is 0. The van der Waals surface area contributed by atoms with Crippen molar-refractivity contribution < 1.29 is 110 Å². The molecular weight excluding hydrogens is 1120 g/mol. The average Bonchev–Trinajstić information content (AvgIpc) is 3.66. The van der Waals surface area contributed by atoms with Gasteiger partial charge in [-0.15, -0.1) is 0 Å². The highest BCUT2D eigenvalue weighted by atomic mass is 16.5. The Morgan fingerprint density at radius 3 is 1.40 bits per heavy atom. The number of carbonyl (C=O) groups excluding carboxylic acids is 7. The van der Waals surface area contributed by atoms with Gasteiger partial charge >= 0.3 is 29.8 Å². The van der Waals surface area contributed by atoms with Crippen molar-refractivity contribution in [2.24, 2.45) is 17.8 Å². The molecule has 85 heavy (non-hydrogen) atoms. The number of unbranched alkanes of at least 4 members (excludes halogenated alkanes) is 14. The standard InChI is InChI=1S/C59H100N4O22.2H2/c1-42(50(67)39-47(43(2)64)57(76)77)20-17-18-30-60-51(68)28-24-44(56(74)75)38-45(65)25-26-48(58(78)79)63-54(71)41-85-37-34-82-32-19-21-46(66)40-84-36-35-83-33-31-61-52(69)29-27-49(59(80)81)62-53(70)22-15-13-11-9-7-5-3-4-6-8-10-12-14-16-23-55(72)73;;/h42-44,47-49,64H,3-41H2,1-2H3,(H,60,68)(H,61,69)(H,62,70)(H,63,71)(H,72,73)(H,74,75)(H,76,77)(H,78,79)(H,80,81);2*1H/t42-,43+,44+,47-,48-,49-;;/m0../s1. The number of carbonyl (C=O) groups is 12. The lowest BCUT2D eigenvalue weighted by atomic mass is 9.89. The Morgan fingerprint density at radius 2 is 0.871 bits per heavy atom. The number of ketones is 3. The van der Waals surface area contributed by atoms with Gasteiger partial charge in [0.2, 0.25) is 23.6 Å². The first-order valence-corrected chi connectivity index (χ1v) is 30.3. The first kappa shape index (κ1) is 79.0. The van der Waals surface area contributed by atoms with E-state index in [1.807, 2.05) is 0 Å². The van der Waals surface area contributed by atoms with Crippen LogP contribution in [-0.4, -0.2) is 186 Å². The zero-order chi connectivity index (χ0) is 63.6. The molecule has 0 aliphatic heterocycles. The van der Waals surface area contributed by atoms with Gasteiger partial charge in [0, 0.05) is 79.8 Å². The predicted octanol–water partition coefficient (Wildman–Crippen LogP) is 5.44. The molecule has 0 fully saturated rings. The van der Waals surface area contributed by atoms with E-state index in [2.05, 4.69) is 21.3 Å². The van der Waals surface area contributed by atoms with E-state index in [4.69, 9.17) is 24.1 Å². The van der Waals surface area contributed by atoms with Crippen molar-refractivity contribution in [3.8, 4) is 0 Å². The minimum atomic E-state index is -1.46. The fraction of sp³-hybridized carbons (Fsp3) is 0.797. The molecule has 0 radical (unpaired) electrons. The van der Waals surface area contributed by atoms with Gasteiger partial charge in [-0.3, -0.25) is 47.9 Å². The van der Waals surface area contributed by atoms with Gasteiger partial charge in [0.05, 0.1) is 51.0 Å². The summed E-state index contributed by atoms with van der Waals surface area (Å²) in [6.07, 6.45) is 14.1. The number of carboxylic acid groups (broad SMARTS) is 5. The van der Waals surface area contributed by atoms with Gasteiger partial charge in [0.15, 0.2) is 5.78 Å². The molecule has 0 aliphatic rings. The Balaban J connectivity index is -0.0000353.